The number of halogens is 3. The van der Waals surface area contributed by atoms with Gasteiger partial charge in [-0.15, -0.1) is 10.2 Å². The van der Waals surface area contributed by atoms with Gasteiger partial charge >= 0.3 is 6.18 Å². The summed E-state index contributed by atoms with van der Waals surface area (Å²) in [5.41, 5.74) is 0.165. The Morgan fingerprint density at radius 1 is 1.28 bits per heavy atom. The fourth-order valence-corrected chi connectivity index (χ4v) is 4.17. The molecule has 0 aliphatic heterocycles. The standard InChI is InChI=1S/C22H21F3N4O3/c1-12-4-14(22(23,24)25)5-18(32-11-31-3)19(12)17-6-16-13(9-26)10-29(20(16)28-27-17)15-7-21(2,30)8-15/h4-6,10,15,30H,7-8,11H2,1-3H3. The van der Waals surface area contributed by atoms with Crippen LogP contribution in [0.5, 0.6) is 5.75 Å². The smallest absolute Gasteiger partial charge is 0.416 e. The number of ether oxygens (including phenoxy) is 2. The zero-order valence-corrected chi connectivity index (χ0v) is 17.7. The molecule has 0 unspecified atom stereocenters. The maximum Gasteiger partial charge on any atom is 0.416 e. The molecule has 1 aromatic carbocycles. The summed E-state index contributed by atoms with van der Waals surface area (Å²) < 4.78 is 52.1. The Hall–Kier alpha value is -3.16. The topological polar surface area (TPSA) is 93.2 Å². The van der Waals surface area contributed by atoms with Crippen molar-refractivity contribution in [3.05, 3.63) is 41.1 Å². The monoisotopic (exact) mass is 446 g/mol. The number of methoxy groups -OCH3 is 1. The normalized spacial score (nSPS) is 20.8. The first-order valence-corrected chi connectivity index (χ1v) is 9.89. The maximum atomic E-state index is 13.3. The first-order chi connectivity index (χ1) is 15.0. The van der Waals surface area contributed by atoms with Crippen molar-refractivity contribution < 1.29 is 27.8 Å². The largest absolute Gasteiger partial charge is 0.467 e. The fraction of sp³-hybridized carbons (Fsp3) is 0.409. The van der Waals surface area contributed by atoms with Crippen LogP contribution >= 0.6 is 0 Å². The molecule has 2 aromatic heterocycles. The van der Waals surface area contributed by atoms with E-state index < -0.39 is 17.3 Å². The van der Waals surface area contributed by atoms with E-state index in [1.165, 1.54) is 14.0 Å². The van der Waals surface area contributed by atoms with Crippen LogP contribution in [0.1, 0.15) is 42.5 Å². The van der Waals surface area contributed by atoms with Crippen molar-refractivity contribution >= 4 is 11.0 Å². The number of aliphatic hydroxyl groups is 1. The highest BCUT2D eigenvalue weighted by Gasteiger charge is 2.40. The molecule has 1 aliphatic rings. The van der Waals surface area contributed by atoms with Crippen LogP contribution in [-0.2, 0) is 10.9 Å². The molecule has 0 bridgehead atoms. The lowest BCUT2D eigenvalue weighted by molar-refractivity contribution is -0.137. The highest BCUT2D eigenvalue weighted by atomic mass is 19.4. The van der Waals surface area contributed by atoms with E-state index in [-0.39, 0.29) is 24.3 Å². The molecule has 3 aromatic rings. The molecule has 0 amide bonds. The van der Waals surface area contributed by atoms with E-state index in [4.69, 9.17) is 9.47 Å². The van der Waals surface area contributed by atoms with E-state index in [1.54, 1.807) is 19.2 Å². The van der Waals surface area contributed by atoms with Crippen LogP contribution < -0.4 is 4.74 Å². The minimum absolute atomic E-state index is 0.0110. The van der Waals surface area contributed by atoms with E-state index in [0.717, 1.165) is 12.1 Å². The highest BCUT2D eigenvalue weighted by molar-refractivity contribution is 5.87. The molecular weight excluding hydrogens is 425 g/mol. The van der Waals surface area contributed by atoms with Crippen LogP contribution in [0, 0.1) is 18.3 Å². The van der Waals surface area contributed by atoms with E-state index in [0.29, 0.717) is 40.6 Å². The number of alkyl halides is 3. The van der Waals surface area contributed by atoms with E-state index >= 15 is 0 Å². The molecule has 1 fully saturated rings. The molecule has 32 heavy (non-hydrogen) atoms. The Balaban J connectivity index is 1.84. The molecule has 10 heteroatoms. The van der Waals surface area contributed by atoms with Gasteiger partial charge in [-0.1, -0.05) is 0 Å². The molecule has 168 valence electrons. The molecule has 7 nitrogen and oxygen atoms in total. The van der Waals surface area contributed by atoms with Gasteiger partial charge in [-0.05, 0) is 50.5 Å². The number of nitriles is 1. The van der Waals surface area contributed by atoms with Crippen LogP contribution in [0.2, 0.25) is 0 Å². The third-order valence-electron chi connectivity index (χ3n) is 5.66. The number of benzene rings is 1. The van der Waals surface area contributed by atoms with Crippen molar-refractivity contribution in [1.82, 2.24) is 14.8 Å². The van der Waals surface area contributed by atoms with Gasteiger partial charge in [-0.25, -0.2) is 0 Å². The maximum absolute atomic E-state index is 13.3. The Morgan fingerprint density at radius 2 is 2.00 bits per heavy atom. The minimum atomic E-state index is -4.54. The van der Waals surface area contributed by atoms with Gasteiger partial charge in [-0.2, -0.15) is 18.4 Å². The summed E-state index contributed by atoms with van der Waals surface area (Å²) >= 11 is 0. The summed E-state index contributed by atoms with van der Waals surface area (Å²) in [6.07, 6.45) is -1.82. The number of hydrogen-bond donors (Lipinski definition) is 1. The van der Waals surface area contributed by atoms with Gasteiger partial charge in [0, 0.05) is 30.3 Å². The van der Waals surface area contributed by atoms with E-state index in [2.05, 4.69) is 16.3 Å². The van der Waals surface area contributed by atoms with Crippen molar-refractivity contribution in [2.24, 2.45) is 0 Å². The molecule has 2 heterocycles. The van der Waals surface area contributed by atoms with Gasteiger partial charge < -0.3 is 19.1 Å². The van der Waals surface area contributed by atoms with Crippen LogP contribution in [0.15, 0.2) is 24.4 Å². The quantitative estimate of drug-likeness (QED) is 0.585. The Morgan fingerprint density at radius 3 is 2.59 bits per heavy atom. The minimum Gasteiger partial charge on any atom is -0.467 e. The van der Waals surface area contributed by atoms with Crippen molar-refractivity contribution in [2.45, 2.75) is 44.5 Å². The van der Waals surface area contributed by atoms with Crippen molar-refractivity contribution in [2.75, 3.05) is 13.9 Å². The molecule has 1 aliphatic carbocycles. The summed E-state index contributed by atoms with van der Waals surface area (Å²) in [5.74, 6) is -0.0409. The van der Waals surface area contributed by atoms with Gasteiger partial charge in [-0.3, -0.25) is 0 Å². The molecule has 4 rings (SSSR count). The van der Waals surface area contributed by atoms with Crippen molar-refractivity contribution in [3.63, 3.8) is 0 Å². The van der Waals surface area contributed by atoms with E-state index in [9.17, 15) is 23.5 Å². The lowest BCUT2D eigenvalue weighted by Gasteiger charge is -2.41. The van der Waals surface area contributed by atoms with Gasteiger partial charge in [0.05, 0.1) is 22.4 Å². The zero-order chi connectivity index (χ0) is 23.3. The van der Waals surface area contributed by atoms with Gasteiger partial charge in [0.25, 0.3) is 0 Å². The van der Waals surface area contributed by atoms with Crippen LogP contribution in [0.25, 0.3) is 22.3 Å². The number of nitrogens with zero attached hydrogens (tertiary/aromatic N) is 4. The first kappa shape index (κ1) is 22.0. The van der Waals surface area contributed by atoms with Crippen LogP contribution in [0.3, 0.4) is 0 Å². The van der Waals surface area contributed by atoms with E-state index in [1.807, 2.05) is 4.57 Å². The summed E-state index contributed by atoms with van der Waals surface area (Å²) in [6, 6.07) is 5.68. The predicted octanol–water partition coefficient (Wildman–Crippen LogP) is 4.37. The first-order valence-electron chi connectivity index (χ1n) is 9.89. The Bertz CT molecular complexity index is 1220. The van der Waals surface area contributed by atoms with Crippen molar-refractivity contribution in [3.8, 4) is 23.1 Å². The molecule has 0 radical (unpaired) electrons. The lowest BCUT2D eigenvalue weighted by Crippen LogP contribution is -2.41. The van der Waals surface area contributed by atoms with Gasteiger partial charge in [0.15, 0.2) is 12.4 Å². The lowest BCUT2D eigenvalue weighted by atomic mass is 9.77. The average molecular weight is 446 g/mol. The third-order valence-corrected chi connectivity index (χ3v) is 5.66. The van der Waals surface area contributed by atoms with Crippen LogP contribution in [0.4, 0.5) is 13.2 Å². The summed E-state index contributed by atoms with van der Waals surface area (Å²) in [5, 5.41) is 28.7. The molecule has 1 saturated carbocycles. The SMILES string of the molecule is COCOc1cc(C(F)(F)F)cc(C)c1-c1cc2c(C#N)cn(C3CC(C)(O)C3)c2nn1. The van der Waals surface area contributed by atoms with Crippen molar-refractivity contribution in [1.29, 1.82) is 5.26 Å². The Kier molecular flexibility index (Phi) is 5.35. The number of hydrogen-bond acceptors (Lipinski definition) is 6. The fourth-order valence-electron chi connectivity index (χ4n) is 4.17. The zero-order valence-electron chi connectivity index (χ0n) is 17.7. The highest BCUT2D eigenvalue weighted by Crippen LogP contribution is 2.44. The summed E-state index contributed by atoms with van der Waals surface area (Å²) in [7, 11) is 1.37. The third kappa shape index (κ3) is 3.89. The molecule has 0 spiro atoms. The summed E-state index contributed by atoms with van der Waals surface area (Å²) in [6.45, 7) is 3.03. The second kappa shape index (κ2) is 7.76. The average Bonchev–Trinajstić information content (AvgIpc) is 3.07. The molecule has 1 N–H and O–H groups in total. The number of rotatable bonds is 5. The van der Waals surface area contributed by atoms with Gasteiger partial charge in [0.2, 0.25) is 0 Å². The molecule has 0 saturated heterocycles. The summed E-state index contributed by atoms with van der Waals surface area (Å²) in [4.78, 5) is 0. The Labute approximate surface area is 182 Å². The second-order valence-corrected chi connectivity index (χ2v) is 8.30. The molecule has 0 atom stereocenters. The van der Waals surface area contributed by atoms with Gasteiger partial charge in [0.1, 0.15) is 11.8 Å². The second-order valence-electron chi connectivity index (χ2n) is 8.30. The number of aromatic nitrogens is 3. The number of fused-ring (bicyclic) bond motifs is 1. The molecular formula is C22H21F3N4O3. The van der Waals surface area contributed by atoms with Crippen LogP contribution in [-0.4, -0.2) is 39.4 Å². The number of aryl methyl sites for hydroxylation is 1. The predicted molar refractivity (Wildman–Crippen MR) is 109 cm³/mol.